The number of hydrogen-bond acceptors (Lipinski definition) is 4. The highest BCUT2D eigenvalue weighted by atomic mass is 32.2. The lowest BCUT2D eigenvalue weighted by Crippen LogP contribution is -2.28. The molecule has 1 atom stereocenters. The van der Waals surface area contributed by atoms with Gasteiger partial charge in [0.1, 0.15) is 5.82 Å². The van der Waals surface area contributed by atoms with Crippen LogP contribution >= 0.6 is 11.8 Å². The van der Waals surface area contributed by atoms with Crippen molar-refractivity contribution in [3.05, 3.63) is 59.9 Å². The fourth-order valence-electron chi connectivity index (χ4n) is 1.99. The van der Waals surface area contributed by atoms with E-state index in [9.17, 15) is 17.6 Å². The zero-order valence-corrected chi connectivity index (χ0v) is 14.5. The second-order valence-corrected chi connectivity index (χ2v) is 7.76. The maximum Gasteiger partial charge on any atom is 0.238 e. The number of nitrogens with two attached hydrogens (primary N) is 1. The Kier molecular flexibility index (Phi) is 5.98. The number of rotatable bonds is 6. The van der Waals surface area contributed by atoms with Gasteiger partial charge in [0.05, 0.1) is 16.7 Å². The molecule has 0 fully saturated rings. The minimum absolute atomic E-state index is 0.0247. The lowest BCUT2D eigenvalue weighted by atomic mass is 10.1. The highest BCUT2D eigenvalue weighted by molar-refractivity contribution is 8.00. The largest absolute Gasteiger partial charge is 0.349 e. The van der Waals surface area contributed by atoms with E-state index in [2.05, 4.69) is 5.32 Å². The summed E-state index contributed by atoms with van der Waals surface area (Å²) < 4.78 is 35.2. The molecule has 0 aliphatic heterocycles. The number of thioether (sulfide) groups is 1. The SMILES string of the molecule is CC(NC(=O)CSc1ccc(F)cc1)c1ccc(S(N)(=O)=O)cc1. The molecule has 2 rings (SSSR count). The second kappa shape index (κ2) is 7.78. The third kappa shape index (κ3) is 5.33. The van der Waals surface area contributed by atoms with E-state index in [4.69, 9.17) is 5.14 Å². The van der Waals surface area contributed by atoms with Crippen LogP contribution in [0.3, 0.4) is 0 Å². The van der Waals surface area contributed by atoms with Crippen molar-refractivity contribution in [3.63, 3.8) is 0 Å². The molecule has 0 aliphatic rings. The molecule has 0 saturated carbocycles. The van der Waals surface area contributed by atoms with Gasteiger partial charge >= 0.3 is 0 Å². The summed E-state index contributed by atoms with van der Waals surface area (Å²) in [5.41, 5.74) is 0.766. The maximum atomic E-state index is 12.8. The molecule has 128 valence electrons. The quantitative estimate of drug-likeness (QED) is 0.767. The van der Waals surface area contributed by atoms with E-state index in [-0.39, 0.29) is 28.4 Å². The topological polar surface area (TPSA) is 89.3 Å². The van der Waals surface area contributed by atoms with E-state index in [0.717, 1.165) is 10.5 Å². The Hall–Kier alpha value is -1.90. The summed E-state index contributed by atoms with van der Waals surface area (Å²) in [5.74, 6) is -0.293. The van der Waals surface area contributed by atoms with Crippen molar-refractivity contribution in [1.82, 2.24) is 5.32 Å². The number of halogens is 1. The second-order valence-electron chi connectivity index (χ2n) is 5.15. The molecule has 5 nitrogen and oxygen atoms in total. The fraction of sp³-hybridized carbons (Fsp3) is 0.188. The molecule has 0 spiro atoms. The molecular weight excluding hydrogens is 351 g/mol. The van der Waals surface area contributed by atoms with Gasteiger partial charge in [0.25, 0.3) is 0 Å². The summed E-state index contributed by atoms with van der Waals surface area (Å²) >= 11 is 1.31. The van der Waals surface area contributed by atoms with E-state index in [0.29, 0.717) is 0 Å². The minimum atomic E-state index is -3.73. The van der Waals surface area contributed by atoms with Crippen molar-refractivity contribution >= 4 is 27.7 Å². The van der Waals surface area contributed by atoms with Crippen molar-refractivity contribution in [2.75, 3.05) is 5.75 Å². The number of sulfonamides is 1. The standard InChI is InChI=1S/C16H17FN2O3S2/c1-11(12-2-8-15(9-3-12)24(18,21)22)19-16(20)10-23-14-6-4-13(17)5-7-14/h2-9,11H,10H2,1H3,(H,19,20)(H2,18,21,22). The molecule has 2 aromatic carbocycles. The van der Waals surface area contributed by atoms with E-state index >= 15 is 0 Å². The zero-order chi connectivity index (χ0) is 17.7. The first-order chi connectivity index (χ1) is 11.3. The maximum absolute atomic E-state index is 12.8. The van der Waals surface area contributed by atoms with Gasteiger partial charge in [-0.15, -0.1) is 11.8 Å². The Morgan fingerprint density at radius 1 is 1.17 bits per heavy atom. The Bertz CT molecular complexity index is 806. The first kappa shape index (κ1) is 18.4. The molecule has 0 heterocycles. The van der Waals surface area contributed by atoms with E-state index in [1.807, 2.05) is 0 Å². The smallest absolute Gasteiger partial charge is 0.238 e. The van der Waals surface area contributed by atoms with Gasteiger partial charge in [-0.2, -0.15) is 0 Å². The van der Waals surface area contributed by atoms with Crippen LogP contribution in [0.2, 0.25) is 0 Å². The predicted octanol–water partition coefficient (Wildman–Crippen LogP) is 2.44. The average molecular weight is 368 g/mol. The van der Waals surface area contributed by atoms with Gasteiger partial charge in [-0.1, -0.05) is 12.1 Å². The lowest BCUT2D eigenvalue weighted by molar-refractivity contribution is -0.119. The molecule has 0 aromatic heterocycles. The van der Waals surface area contributed by atoms with Crippen LogP contribution < -0.4 is 10.5 Å². The van der Waals surface area contributed by atoms with Crippen LogP contribution in [0.4, 0.5) is 4.39 Å². The Balaban J connectivity index is 1.90. The van der Waals surface area contributed by atoms with Gasteiger partial charge in [-0.25, -0.2) is 17.9 Å². The number of benzene rings is 2. The van der Waals surface area contributed by atoms with Crippen molar-refractivity contribution in [1.29, 1.82) is 0 Å². The molecule has 3 N–H and O–H groups in total. The number of amides is 1. The monoisotopic (exact) mass is 368 g/mol. The molecule has 0 radical (unpaired) electrons. The number of primary sulfonamides is 1. The Labute approximate surface area is 144 Å². The zero-order valence-electron chi connectivity index (χ0n) is 12.9. The lowest BCUT2D eigenvalue weighted by Gasteiger charge is -2.14. The predicted molar refractivity (Wildman–Crippen MR) is 91.5 cm³/mol. The molecule has 0 aliphatic carbocycles. The summed E-state index contributed by atoms with van der Waals surface area (Å²) in [6.45, 7) is 1.80. The van der Waals surface area contributed by atoms with E-state index in [1.54, 1.807) is 31.2 Å². The number of nitrogens with one attached hydrogen (secondary N) is 1. The van der Waals surface area contributed by atoms with Gasteiger partial charge in [0.2, 0.25) is 15.9 Å². The summed E-state index contributed by atoms with van der Waals surface area (Å²) in [6, 6.07) is 11.7. The van der Waals surface area contributed by atoms with Crippen LogP contribution in [0.5, 0.6) is 0 Å². The van der Waals surface area contributed by atoms with Gasteiger partial charge in [-0.3, -0.25) is 4.79 Å². The Morgan fingerprint density at radius 2 is 1.75 bits per heavy atom. The molecule has 0 saturated heterocycles. The number of carbonyl (C=O) groups excluding carboxylic acids is 1. The van der Waals surface area contributed by atoms with Gasteiger partial charge in [0, 0.05) is 4.90 Å². The molecule has 24 heavy (non-hydrogen) atoms. The molecule has 8 heteroatoms. The van der Waals surface area contributed by atoms with E-state index in [1.165, 1.54) is 36.0 Å². The van der Waals surface area contributed by atoms with Crippen LogP contribution in [-0.2, 0) is 14.8 Å². The third-order valence-electron chi connectivity index (χ3n) is 3.27. The fourth-order valence-corrected chi connectivity index (χ4v) is 3.22. The first-order valence-corrected chi connectivity index (χ1v) is 9.59. The summed E-state index contributed by atoms with van der Waals surface area (Å²) in [5, 5.41) is 7.87. The van der Waals surface area contributed by atoms with Crippen LogP contribution in [-0.4, -0.2) is 20.1 Å². The van der Waals surface area contributed by atoms with Gasteiger partial charge in [0.15, 0.2) is 0 Å². The third-order valence-corrected chi connectivity index (χ3v) is 5.21. The summed E-state index contributed by atoms with van der Waals surface area (Å²) in [7, 11) is -3.73. The number of hydrogen-bond donors (Lipinski definition) is 2. The first-order valence-electron chi connectivity index (χ1n) is 7.06. The molecule has 0 bridgehead atoms. The van der Waals surface area contributed by atoms with Gasteiger partial charge < -0.3 is 5.32 Å². The molecular formula is C16H17FN2O3S2. The van der Waals surface area contributed by atoms with Crippen LogP contribution in [0.25, 0.3) is 0 Å². The molecule has 2 aromatic rings. The van der Waals surface area contributed by atoms with Crippen LogP contribution in [0.15, 0.2) is 58.3 Å². The normalized spacial score (nSPS) is 12.6. The summed E-state index contributed by atoms with van der Waals surface area (Å²) in [6.07, 6.45) is 0. The van der Waals surface area contributed by atoms with E-state index < -0.39 is 10.0 Å². The Morgan fingerprint density at radius 3 is 2.29 bits per heavy atom. The van der Waals surface area contributed by atoms with Crippen molar-refractivity contribution in [3.8, 4) is 0 Å². The van der Waals surface area contributed by atoms with Crippen molar-refractivity contribution in [2.45, 2.75) is 22.8 Å². The van der Waals surface area contributed by atoms with Crippen LogP contribution in [0.1, 0.15) is 18.5 Å². The summed E-state index contributed by atoms with van der Waals surface area (Å²) in [4.78, 5) is 12.8. The van der Waals surface area contributed by atoms with Crippen molar-refractivity contribution in [2.24, 2.45) is 5.14 Å². The van der Waals surface area contributed by atoms with Crippen molar-refractivity contribution < 1.29 is 17.6 Å². The number of carbonyl (C=O) groups is 1. The van der Waals surface area contributed by atoms with Gasteiger partial charge in [-0.05, 0) is 48.9 Å². The molecule has 1 unspecified atom stereocenters. The molecule has 1 amide bonds. The highest BCUT2D eigenvalue weighted by Crippen LogP contribution is 2.19. The van der Waals surface area contributed by atoms with Crippen LogP contribution in [0, 0.1) is 5.82 Å². The minimum Gasteiger partial charge on any atom is -0.349 e. The average Bonchev–Trinajstić information content (AvgIpc) is 2.53. The highest BCUT2D eigenvalue weighted by Gasteiger charge is 2.12.